The Morgan fingerprint density at radius 2 is 2.23 bits per heavy atom. The van der Waals surface area contributed by atoms with Crippen LogP contribution in [0.5, 0.6) is 0 Å². The van der Waals surface area contributed by atoms with Gasteiger partial charge in [-0.1, -0.05) is 26.3 Å². The van der Waals surface area contributed by atoms with Crippen LogP contribution < -0.4 is 0 Å². The lowest BCUT2D eigenvalue weighted by Gasteiger charge is -2.08. The van der Waals surface area contributed by atoms with Crippen molar-refractivity contribution in [2.75, 3.05) is 0 Å². The van der Waals surface area contributed by atoms with Gasteiger partial charge in [-0.2, -0.15) is 0 Å². The maximum Gasteiger partial charge on any atom is 0.0432 e. The third-order valence-electron chi connectivity index (χ3n) is 2.69. The molecule has 0 aromatic carbocycles. The standard InChI is InChI=1S/C12H19N/c1-4-10(2)7-8-12-11(3)6-5-9-13-12/h5-6,9-10H,4,7-8H2,1-3H3. The van der Waals surface area contributed by atoms with E-state index < -0.39 is 0 Å². The van der Waals surface area contributed by atoms with Crippen LogP contribution in [0.15, 0.2) is 18.3 Å². The van der Waals surface area contributed by atoms with Crippen molar-refractivity contribution in [3.63, 3.8) is 0 Å². The highest BCUT2D eigenvalue weighted by atomic mass is 14.7. The summed E-state index contributed by atoms with van der Waals surface area (Å²) in [6.07, 6.45) is 5.54. The van der Waals surface area contributed by atoms with Gasteiger partial charge in [0, 0.05) is 11.9 Å². The van der Waals surface area contributed by atoms with Crippen molar-refractivity contribution >= 4 is 0 Å². The van der Waals surface area contributed by atoms with Crippen LogP contribution in [0, 0.1) is 12.8 Å². The molecule has 1 unspecified atom stereocenters. The molecule has 1 atom stereocenters. The number of aryl methyl sites for hydroxylation is 2. The summed E-state index contributed by atoms with van der Waals surface area (Å²) in [6, 6.07) is 4.14. The molecule has 0 aliphatic heterocycles. The van der Waals surface area contributed by atoms with Crippen LogP contribution in [-0.2, 0) is 6.42 Å². The molecule has 0 spiro atoms. The van der Waals surface area contributed by atoms with E-state index in [-0.39, 0.29) is 0 Å². The predicted octanol–water partition coefficient (Wildman–Crippen LogP) is 3.37. The van der Waals surface area contributed by atoms with E-state index in [9.17, 15) is 0 Å². The molecule has 0 radical (unpaired) electrons. The zero-order valence-electron chi connectivity index (χ0n) is 8.88. The summed E-state index contributed by atoms with van der Waals surface area (Å²) in [6.45, 7) is 6.69. The summed E-state index contributed by atoms with van der Waals surface area (Å²) in [5.41, 5.74) is 2.59. The van der Waals surface area contributed by atoms with Crippen molar-refractivity contribution in [3.8, 4) is 0 Å². The van der Waals surface area contributed by atoms with E-state index in [1.165, 1.54) is 24.1 Å². The van der Waals surface area contributed by atoms with Crippen molar-refractivity contribution in [2.45, 2.75) is 40.0 Å². The van der Waals surface area contributed by atoms with Gasteiger partial charge in [0.2, 0.25) is 0 Å². The lowest BCUT2D eigenvalue weighted by molar-refractivity contribution is 0.512. The Balaban J connectivity index is 2.50. The molecule has 0 aliphatic rings. The van der Waals surface area contributed by atoms with Crippen molar-refractivity contribution in [1.82, 2.24) is 4.98 Å². The molecular formula is C12H19N. The Hall–Kier alpha value is -0.850. The van der Waals surface area contributed by atoms with Crippen molar-refractivity contribution in [2.24, 2.45) is 5.92 Å². The summed E-state index contributed by atoms with van der Waals surface area (Å²) in [5, 5.41) is 0. The molecular weight excluding hydrogens is 158 g/mol. The fourth-order valence-electron chi connectivity index (χ4n) is 1.37. The second-order valence-corrected chi connectivity index (χ2v) is 3.82. The van der Waals surface area contributed by atoms with Crippen LogP contribution in [-0.4, -0.2) is 4.98 Å². The zero-order chi connectivity index (χ0) is 9.68. The molecule has 0 aliphatic carbocycles. The Kier molecular flexibility index (Phi) is 3.94. The summed E-state index contributed by atoms with van der Waals surface area (Å²) < 4.78 is 0. The lowest BCUT2D eigenvalue weighted by atomic mass is 10.00. The maximum atomic E-state index is 4.38. The van der Waals surface area contributed by atoms with E-state index in [0.29, 0.717) is 0 Å². The molecule has 1 heteroatoms. The summed E-state index contributed by atoms with van der Waals surface area (Å²) in [5.74, 6) is 0.821. The minimum atomic E-state index is 0.821. The third-order valence-corrected chi connectivity index (χ3v) is 2.69. The molecule has 1 rings (SSSR count). The van der Waals surface area contributed by atoms with Crippen molar-refractivity contribution in [1.29, 1.82) is 0 Å². The molecule has 0 N–H and O–H groups in total. The summed E-state index contributed by atoms with van der Waals surface area (Å²) in [4.78, 5) is 4.38. The van der Waals surface area contributed by atoms with Gasteiger partial charge in [-0.3, -0.25) is 4.98 Å². The number of nitrogens with zero attached hydrogens (tertiary/aromatic N) is 1. The molecule has 0 bridgehead atoms. The molecule has 0 fully saturated rings. The summed E-state index contributed by atoms with van der Waals surface area (Å²) >= 11 is 0. The Labute approximate surface area is 81.2 Å². The highest BCUT2D eigenvalue weighted by molar-refractivity contribution is 5.17. The van der Waals surface area contributed by atoms with Crippen LogP contribution in [0.1, 0.15) is 37.9 Å². The van der Waals surface area contributed by atoms with Gasteiger partial charge in [-0.15, -0.1) is 0 Å². The van der Waals surface area contributed by atoms with Gasteiger partial charge in [-0.25, -0.2) is 0 Å². The fraction of sp³-hybridized carbons (Fsp3) is 0.583. The number of pyridine rings is 1. The normalized spacial score (nSPS) is 12.8. The smallest absolute Gasteiger partial charge is 0.0432 e. The first-order chi connectivity index (χ1) is 6.24. The lowest BCUT2D eigenvalue weighted by Crippen LogP contribution is -1.99. The minimum Gasteiger partial charge on any atom is -0.261 e. The van der Waals surface area contributed by atoms with Crippen LogP contribution in [0.3, 0.4) is 0 Å². The molecule has 1 nitrogen and oxygen atoms in total. The highest BCUT2D eigenvalue weighted by Gasteiger charge is 2.02. The highest BCUT2D eigenvalue weighted by Crippen LogP contribution is 2.12. The quantitative estimate of drug-likeness (QED) is 0.687. The topological polar surface area (TPSA) is 12.9 Å². The van der Waals surface area contributed by atoms with Gasteiger partial charge in [-0.05, 0) is 37.3 Å². The van der Waals surface area contributed by atoms with Crippen molar-refractivity contribution in [3.05, 3.63) is 29.6 Å². The second-order valence-electron chi connectivity index (χ2n) is 3.82. The first-order valence-corrected chi connectivity index (χ1v) is 5.14. The van der Waals surface area contributed by atoms with Gasteiger partial charge in [0.1, 0.15) is 0 Å². The van der Waals surface area contributed by atoms with Gasteiger partial charge in [0.05, 0.1) is 0 Å². The van der Waals surface area contributed by atoms with E-state index in [2.05, 4.69) is 31.8 Å². The fourth-order valence-corrected chi connectivity index (χ4v) is 1.37. The Morgan fingerprint density at radius 3 is 2.85 bits per heavy atom. The van der Waals surface area contributed by atoms with Crippen LogP contribution in [0.4, 0.5) is 0 Å². The van der Waals surface area contributed by atoms with Crippen LogP contribution in [0.2, 0.25) is 0 Å². The van der Waals surface area contributed by atoms with Crippen molar-refractivity contribution < 1.29 is 0 Å². The van der Waals surface area contributed by atoms with E-state index in [1.54, 1.807) is 0 Å². The monoisotopic (exact) mass is 177 g/mol. The predicted molar refractivity (Wildman–Crippen MR) is 56.8 cm³/mol. The minimum absolute atomic E-state index is 0.821. The van der Waals surface area contributed by atoms with Gasteiger partial charge in [0.25, 0.3) is 0 Å². The van der Waals surface area contributed by atoms with Crippen LogP contribution in [0.25, 0.3) is 0 Å². The summed E-state index contributed by atoms with van der Waals surface area (Å²) in [7, 11) is 0. The first kappa shape index (κ1) is 10.2. The van der Waals surface area contributed by atoms with Crippen LogP contribution >= 0.6 is 0 Å². The van der Waals surface area contributed by atoms with E-state index in [1.807, 2.05) is 12.3 Å². The number of hydrogen-bond donors (Lipinski definition) is 0. The molecule has 0 saturated heterocycles. The van der Waals surface area contributed by atoms with E-state index in [0.717, 1.165) is 12.3 Å². The molecule has 1 heterocycles. The maximum absolute atomic E-state index is 4.38. The molecule has 72 valence electrons. The second kappa shape index (κ2) is 5.00. The zero-order valence-corrected chi connectivity index (χ0v) is 8.88. The van der Waals surface area contributed by atoms with E-state index in [4.69, 9.17) is 0 Å². The SMILES string of the molecule is CCC(C)CCc1ncccc1C. The third kappa shape index (κ3) is 3.17. The number of aromatic nitrogens is 1. The average Bonchev–Trinajstić information content (AvgIpc) is 2.16. The van der Waals surface area contributed by atoms with Gasteiger partial charge in [0.15, 0.2) is 0 Å². The van der Waals surface area contributed by atoms with E-state index >= 15 is 0 Å². The van der Waals surface area contributed by atoms with Gasteiger partial charge < -0.3 is 0 Å². The van der Waals surface area contributed by atoms with Gasteiger partial charge >= 0.3 is 0 Å². The molecule has 0 amide bonds. The molecule has 1 aromatic heterocycles. The number of hydrogen-bond acceptors (Lipinski definition) is 1. The first-order valence-electron chi connectivity index (χ1n) is 5.14. The Bertz CT molecular complexity index is 255. The number of rotatable bonds is 4. The molecule has 13 heavy (non-hydrogen) atoms. The Morgan fingerprint density at radius 1 is 1.46 bits per heavy atom. The molecule has 0 saturated carbocycles. The average molecular weight is 177 g/mol. The largest absolute Gasteiger partial charge is 0.261 e. The molecule has 1 aromatic rings.